The molecule has 1 amide bonds. The summed E-state index contributed by atoms with van der Waals surface area (Å²) in [6.07, 6.45) is 1.63. The number of nitro groups is 1. The van der Waals surface area contributed by atoms with Crippen LogP contribution in [0.25, 0.3) is 11.6 Å². The molecule has 1 N–H and O–H groups in total. The average molecular weight is 326 g/mol. The summed E-state index contributed by atoms with van der Waals surface area (Å²) in [6, 6.07) is 9.46. The third kappa shape index (κ3) is 2.67. The highest BCUT2D eigenvalue weighted by Crippen LogP contribution is 2.37. The first-order valence-corrected chi connectivity index (χ1v) is 7.07. The zero-order valence-corrected chi connectivity index (χ0v) is 13.0. The van der Waals surface area contributed by atoms with Gasteiger partial charge in [0.05, 0.1) is 19.1 Å². The lowest BCUT2D eigenvalue weighted by Gasteiger charge is -2.08. The van der Waals surface area contributed by atoms with Gasteiger partial charge < -0.3 is 14.8 Å². The van der Waals surface area contributed by atoms with E-state index in [0.29, 0.717) is 33.9 Å². The lowest BCUT2D eigenvalue weighted by Crippen LogP contribution is -2.03. The van der Waals surface area contributed by atoms with Crippen molar-refractivity contribution in [2.75, 3.05) is 19.5 Å². The fourth-order valence-corrected chi connectivity index (χ4v) is 2.54. The molecular weight excluding hydrogens is 312 g/mol. The molecule has 0 saturated heterocycles. The maximum atomic E-state index is 12.2. The Balaban J connectivity index is 2.14. The Bertz CT molecular complexity index is 873. The number of nitrogens with one attached hydrogen (secondary N) is 1. The van der Waals surface area contributed by atoms with Gasteiger partial charge in [0, 0.05) is 34.5 Å². The van der Waals surface area contributed by atoms with Crippen LogP contribution in [0.3, 0.4) is 0 Å². The van der Waals surface area contributed by atoms with Gasteiger partial charge in [-0.25, -0.2) is 0 Å². The van der Waals surface area contributed by atoms with Crippen molar-refractivity contribution in [3.05, 3.63) is 57.6 Å². The molecule has 0 saturated carbocycles. The Morgan fingerprint density at radius 2 is 1.92 bits per heavy atom. The number of amides is 1. The normalized spacial score (nSPS) is 14.2. The summed E-state index contributed by atoms with van der Waals surface area (Å²) >= 11 is 0. The van der Waals surface area contributed by atoms with E-state index in [9.17, 15) is 14.9 Å². The molecular formula is C17H14N2O5. The van der Waals surface area contributed by atoms with Crippen LogP contribution in [0, 0.1) is 10.1 Å². The second-order valence-electron chi connectivity index (χ2n) is 5.11. The highest BCUT2D eigenvalue weighted by Gasteiger charge is 2.26. The zero-order chi connectivity index (χ0) is 17.3. The van der Waals surface area contributed by atoms with Crippen molar-refractivity contribution in [1.29, 1.82) is 0 Å². The first-order valence-electron chi connectivity index (χ1n) is 7.07. The summed E-state index contributed by atoms with van der Waals surface area (Å²) in [4.78, 5) is 22.7. The van der Waals surface area contributed by atoms with Crippen LogP contribution < -0.4 is 14.8 Å². The average Bonchev–Trinajstić information content (AvgIpc) is 2.89. The maximum Gasteiger partial charge on any atom is 0.270 e. The lowest BCUT2D eigenvalue weighted by atomic mass is 10.0. The number of hydrogen-bond donors (Lipinski definition) is 1. The number of nitrogens with zero attached hydrogens (tertiary/aromatic N) is 1. The van der Waals surface area contributed by atoms with E-state index in [1.54, 1.807) is 31.4 Å². The van der Waals surface area contributed by atoms with Gasteiger partial charge in [0.25, 0.3) is 11.6 Å². The number of fused-ring (bicyclic) bond motifs is 1. The van der Waals surface area contributed by atoms with Crippen molar-refractivity contribution in [3.8, 4) is 11.5 Å². The third-order valence-corrected chi connectivity index (χ3v) is 3.73. The highest BCUT2D eigenvalue weighted by atomic mass is 16.6. The number of anilines is 1. The standard InChI is InChI=1S/C17H14N2O5/c1-23-12-4-6-16(24-2)10(7-12)8-14-13-9-11(19(21)22)3-5-15(13)18-17(14)20/h3-9H,1-2H3,(H,18,20)/b14-8+. The Hall–Kier alpha value is -3.35. The van der Waals surface area contributed by atoms with E-state index in [-0.39, 0.29) is 11.6 Å². The van der Waals surface area contributed by atoms with E-state index in [2.05, 4.69) is 5.32 Å². The summed E-state index contributed by atoms with van der Waals surface area (Å²) in [5.74, 6) is 0.852. The first kappa shape index (κ1) is 15.5. The summed E-state index contributed by atoms with van der Waals surface area (Å²) in [5, 5.41) is 13.7. The van der Waals surface area contributed by atoms with Gasteiger partial charge in [-0.15, -0.1) is 0 Å². The molecule has 0 aliphatic carbocycles. The number of ether oxygens (including phenoxy) is 2. The monoisotopic (exact) mass is 326 g/mol. The van der Waals surface area contributed by atoms with Crippen LogP contribution in [0.5, 0.6) is 11.5 Å². The molecule has 3 rings (SSSR count). The van der Waals surface area contributed by atoms with Gasteiger partial charge in [-0.3, -0.25) is 14.9 Å². The number of carbonyl (C=O) groups is 1. The fraction of sp³-hybridized carbons (Fsp3) is 0.118. The predicted molar refractivity (Wildman–Crippen MR) is 89.1 cm³/mol. The molecule has 0 bridgehead atoms. The van der Waals surface area contributed by atoms with Crippen molar-refractivity contribution in [3.63, 3.8) is 0 Å². The van der Waals surface area contributed by atoms with Gasteiger partial charge >= 0.3 is 0 Å². The van der Waals surface area contributed by atoms with E-state index in [4.69, 9.17) is 9.47 Å². The highest BCUT2D eigenvalue weighted by molar-refractivity contribution is 6.35. The van der Waals surface area contributed by atoms with Crippen molar-refractivity contribution in [2.24, 2.45) is 0 Å². The van der Waals surface area contributed by atoms with Crippen LogP contribution >= 0.6 is 0 Å². The second-order valence-corrected chi connectivity index (χ2v) is 5.11. The lowest BCUT2D eigenvalue weighted by molar-refractivity contribution is -0.384. The minimum absolute atomic E-state index is 0.0752. The zero-order valence-electron chi connectivity index (χ0n) is 13.0. The number of nitro benzene ring substituents is 1. The van der Waals surface area contributed by atoms with E-state index >= 15 is 0 Å². The van der Waals surface area contributed by atoms with Crippen LogP contribution in [-0.4, -0.2) is 25.1 Å². The molecule has 2 aromatic carbocycles. The number of rotatable bonds is 4. The fourth-order valence-electron chi connectivity index (χ4n) is 2.54. The molecule has 0 atom stereocenters. The summed E-state index contributed by atoms with van der Waals surface area (Å²) in [7, 11) is 3.07. The molecule has 1 aliphatic rings. The molecule has 24 heavy (non-hydrogen) atoms. The molecule has 0 aromatic heterocycles. The molecule has 2 aromatic rings. The first-order chi connectivity index (χ1) is 11.5. The number of hydrogen-bond acceptors (Lipinski definition) is 5. The van der Waals surface area contributed by atoms with Gasteiger partial charge in [0.2, 0.25) is 0 Å². The van der Waals surface area contributed by atoms with Gasteiger partial charge in [0.1, 0.15) is 11.5 Å². The van der Waals surface area contributed by atoms with Crippen molar-refractivity contribution < 1.29 is 19.2 Å². The van der Waals surface area contributed by atoms with Crippen LogP contribution in [0.15, 0.2) is 36.4 Å². The summed E-state index contributed by atoms with van der Waals surface area (Å²) < 4.78 is 10.5. The molecule has 7 nitrogen and oxygen atoms in total. The molecule has 0 fully saturated rings. The summed E-state index contributed by atoms with van der Waals surface area (Å²) in [5.41, 5.74) is 1.92. The van der Waals surface area contributed by atoms with Crippen molar-refractivity contribution in [2.45, 2.75) is 0 Å². The van der Waals surface area contributed by atoms with Crippen LogP contribution in [0.1, 0.15) is 11.1 Å². The number of non-ortho nitro benzene ring substituents is 1. The van der Waals surface area contributed by atoms with Crippen LogP contribution in [0.2, 0.25) is 0 Å². The largest absolute Gasteiger partial charge is 0.497 e. The topological polar surface area (TPSA) is 90.7 Å². The molecule has 122 valence electrons. The van der Waals surface area contributed by atoms with E-state index < -0.39 is 4.92 Å². The Morgan fingerprint density at radius 3 is 2.58 bits per heavy atom. The van der Waals surface area contributed by atoms with Crippen molar-refractivity contribution >= 4 is 28.9 Å². The Kier molecular flexibility index (Phi) is 3.91. The maximum absolute atomic E-state index is 12.2. The number of benzene rings is 2. The predicted octanol–water partition coefficient (Wildman–Crippen LogP) is 3.10. The van der Waals surface area contributed by atoms with Crippen LogP contribution in [0.4, 0.5) is 11.4 Å². The third-order valence-electron chi connectivity index (χ3n) is 3.73. The Labute approximate surface area is 137 Å². The smallest absolute Gasteiger partial charge is 0.270 e. The van der Waals surface area contributed by atoms with Gasteiger partial charge in [-0.1, -0.05) is 0 Å². The van der Waals surface area contributed by atoms with Crippen LogP contribution in [-0.2, 0) is 4.79 Å². The summed E-state index contributed by atoms with van der Waals surface area (Å²) in [6.45, 7) is 0. The molecule has 0 radical (unpaired) electrons. The molecule has 7 heteroatoms. The Morgan fingerprint density at radius 1 is 1.12 bits per heavy atom. The molecule has 0 spiro atoms. The van der Waals surface area contributed by atoms with E-state index in [1.165, 1.54) is 25.3 Å². The van der Waals surface area contributed by atoms with Gasteiger partial charge in [-0.2, -0.15) is 0 Å². The number of methoxy groups -OCH3 is 2. The second kappa shape index (κ2) is 6.04. The van der Waals surface area contributed by atoms with Gasteiger partial charge in [0.15, 0.2) is 0 Å². The number of carbonyl (C=O) groups excluding carboxylic acids is 1. The molecule has 1 aliphatic heterocycles. The van der Waals surface area contributed by atoms with E-state index in [1.807, 2.05) is 0 Å². The minimum atomic E-state index is -0.493. The molecule has 1 heterocycles. The van der Waals surface area contributed by atoms with Crippen molar-refractivity contribution in [1.82, 2.24) is 0 Å². The van der Waals surface area contributed by atoms with E-state index in [0.717, 1.165) is 0 Å². The molecule has 0 unspecified atom stereocenters. The SMILES string of the molecule is COc1ccc(OC)c(/C=C2/C(=O)Nc3ccc([N+](=O)[O-])cc32)c1. The minimum Gasteiger partial charge on any atom is -0.497 e. The quantitative estimate of drug-likeness (QED) is 0.529. The van der Waals surface area contributed by atoms with Gasteiger partial charge in [-0.05, 0) is 30.3 Å².